The number of carbonyl (C=O) groups excluding carboxylic acids is 4. The predicted octanol–water partition coefficient (Wildman–Crippen LogP) is 5.69. The second-order valence-corrected chi connectivity index (χ2v) is 18.8. The number of sulfonamides is 1. The van der Waals surface area contributed by atoms with Crippen molar-refractivity contribution in [1.82, 2.24) is 14.6 Å². The summed E-state index contributed by atoms with van der Waals surface area (Å²) in [7, 11) is -1.01. The van der Waals surface area contributed by atoms with Crippen molar-refractivity contribution in [2.45, 2.75) is 108 Å². The fourth-order valence-corrected chi connectivity index (χ4v) is 9.69. The summed E-state index contributed by atoms with van der Waals surface area (Å²) in [5, 5.41) is 0.633. The van der Waals surface area contributed by atoms with Crippen LogP contribution in [0.5, 0.6) is 11.6 Å². The van der Waals surface area contributed by atoms with E-state index in [9.17, 15) is 40.8 Å². The molecule has 318 valence electrons. The van der Waals surface area contributed by atoms with Crippen LogP contribution in [-0.4, -0.2) is 98.4 Å². The number of nitrogens with zero attached hydrogens (tertiary/aromatic N) is 2. The monoisotopic (exact) mass is 835 g/mol. The number of fused-ring (bicyclic) bond motifs is 3. The minimum atomic E-state index is -4.89. The first-order valence-corrected chi connectivity index (χ1v) is 21.3. The van der Waals surface area contributed by atoms with Crippen molar-refractivity contribution in [2.24, 2.45) is 29.1 Å². The van der Waals surface area contributed by atoms with Crippen LogP contribution in [-0.2, 0) is 38.7 Å². The van der Waals surface area contributed by atoms with E-state index in [4.69, 9.17) is 18.9 Å². The smallest absolute Gasteiger partial charge is 0.427 e. The highest BCUT2D eigenvalue weighted by Gasteiger charge is 2.62. The zero-order chi connectivity index (χ0) is 42.2. The van der Waals surface area contributed by atoms with Crippen LogP contribution in [0.15, 0.2) is 42.6 Å². The van der Waals surface area contributed by atoms with Gasteiger partial charge in [0.1, 0.15) is 11.9 Å². The van der Waals surface area contributed by atoms with Crippen LogP contribution >= 0.6 is 0 Å². The predicted molar refractivity (Wildman–Crippen MR) is 205 cm³/mol. The van der Waals surface area contributed by atoms with E-state index >= 15 is 0 Å². The maximum absolute atomic E-state index is 15.0. The molecule has 13 nitrogen and oxygen atoms in total. The Labute approximate surface area is 336 Å². The number of amides is 2. The molecule has 4 aliphatic rings. The van der Waals surface area contributed by atoms with Gasteiger partial charge in [0.05, 0.1) is 48.9 Å². The molecule has 2 aliphatic heterocycles. The Morgan fingerprint density at radius 3 is 2.41 bits per heavy atom. The summed E-state index contributed by atoms with van der Waals surface area (Å²) >= 11 is 0. The van der Waals surface area contributed by atoms with Crippen LogP contribution in [0.3, 0.4) is 0 Å². The molecule has 2 aliphatic carbocycles. The highest BCUT2D eigenvalue weighted by Crippen LogP contribution is 2.57. The molecule has 1 aromatic heterocycles. The lowest BCUT2D eigenvalue weighted by molar-refractivity contribution is -0.257. The van der Waals surface area contributed by atoms with E-state index in [0.29, 0.717) is 48.6 Å². The summed E-state index contributed by atoms with van der Waals surface area (Å²) < 4.78 is 92.0. The summed E-state index contributed by atoms with van der Waals surface area (Å²) in [5.41, 5.74) is -4.22. The second kappa shape index (κ2) is 16.8. The minimum absolute atomic E-state index is 0.0124. The van der Waals surface area contributed by atoms with Crippen LogP contribution in [0.1, 0.15) is 78.6 Å². The third kappa shape index (κ3) is 9.29. The van der Waals surface area contributed by atoms with Crippen molar-refractivity contribution in [1.29, 1.82) is 0 Å². The van der Waals surface area contributed by atoms with Gasteiger partial charge in [-0.05, 0) is 76.2 Å². The largest absolute Gasteiger partial charge is 0.494 e. The van der Waals surface area contributed by atoms with Gasteiger partial charge in [-0.1, -0.05) is 37.3 Å². The molecule has 0 spiro atoms. The van der Waals surface area contributed by atoms with Gasteiger partial charge in [0, 0.05) is 37.3 Å². The molecule has 2 saturated carbocycles. The van der Waals surface area contributed by atoms with Gasteiger partial charge in [-0.3, -0.25) is 23.9 Å². The first-order valence-electron chi connectivity index (χ1n) is 19.7. The second-order valence-electron chi connectivity index (χ2n) is 16.8. The van der Waals surface area contributed by atoms with Gasteiger partial charge in [0.15, 0.2) is 5.78 Å². The Morgan fingerprint density at radius 2 is 1.76 bits per heavy atom. The molecule has 0 bridgehead atoms. The number of methoxy groups -OCH3 is 2. The van der Waals surface area contributed by atoms with Crippen LogP contribution in [0.2, 0.25) is 0 Å². The Kier molecular flexibility index (Phi) is 12.5. The number of pyridine rings is 1. The van der Waals surface area contributed by atoms with Crippen molar-refractivity contribution in [3.8, 4) is 11.6 Å². The quantitative estimate of drug-likeness (QED) is 0.218. The normalized spacial score (nSPS) is 29.1. The lowest BCUT2D eigenvalue weighted by Gasteiger charge is -2.34. The lowest BCUT2D eigenvalue weighted by Crippen LogP contribution is -2.49. The van der Waals surface area contributed by atoms with Gasteiger partial charge < -0.3 is 23.8 Å². The van der Waals surface area contributed by atoms with Crippen molar-refractivity contribution < 1.29 is 59.7 Å². The van der Waals surface area contributed by atoms with Crippen molar-refractivity contribution in [3.63, 3.8) is 0 Å². The van der Waals surface area contributed by atoms with E-state index in [1.54, 1.807) is 12.1 Å². The number of hydrogen-bond acceptors (Lipinski definition) is 11. The number of rotatable bonds is 11. The Hall–Kier alpha value is -4.25. The van der Waals surface area contributed by atoms with E-state index in [1.807, 2.05) is 31.2 Å². The summed E-state index contributed by atoms with van der Waals surface area (Å²) in [6.07, 6.45) is 0.991. The van der Waals surface area contributed by atoms with Crippen LogP contribution in [0.25, 0.3) is 10.8 Å². The van der Waals surface area contributed by atoms with Crippen molar-refractivity contribution >= 4 is 44.4 Å². The van der Waals surface area contributed by atoms with E-state index in [-0.39, 0.29) is 44.2 Å². The van der Waals surface area contributed by atoms with E-state index in [0.717, 1.165) is 13.8 Å². The van der Waals surface area contributed by atoms with E-state index < -0.39 is 92.4 Å². The molecule has 58 heavy (non-hydrogen) atoms. The fourth-order valence-electron chi connectivity index (χ4n) is 8.31. The third-order valence-corrected chi connectivity index (χ3v) is 13.8. The third-order valence-electron chi connectivity index (χ3n) is 12.0. The molecule has 3 heterocycles. The molecule has 6 rings (SSSR count). The Balaban J connectivity index is 1.38. The number of alkyl halides is 3. The molecule has 1 N–H and O–H groups in total. The molecule has 7 atom stereocenters. The van der Waals surface area contributed by atoms with Gasteiger partial charge in [-0.15, -0.1) is 0 Å². The number of nitrogens with one attached hydrogen (secondary N) is 1. The molecule has 1 saturated heterocycles. The fraction of sp³-hybridized carbons (Fsp3) is 0.634. The van der Waals surface area contributed by atoms with Gasteiger partial charge in [-0.2, -0.15) is 13.2 Å². The number of halogens is 3. The number of Topliss-reactive ketones (excluding diaryl/α,β-unsaturated/α-hetero) is 1. The van der Waals surface area contributed by atoms with Crippen LogP contribution in [0.4, 0.5) is 13.2 Å². The zero-order valence-corrected chi connectivity index (χ0v) is 34.2. The highest BCUT2D eigenvalue weighted by molar-refractivity contribution is 7.90. The topological polar surface area (TPSA) is 167 Å². The van der Waals surface area contributed by atoms with Gasteiger partial charge in [0.2, 0.25) is 33.3 Å². The SMILES string of the molecule is COC[C@@H]1C[C@H](C)CC/C=C\[C@@H]2C[C@@]2(C(=O)NS(=O)(=O)C2CC2)CC(=O)[C@@H]2C[C@@H](Oc3ncc(OC)c4ccccc34)CN2C(=O)[C@H]1CC(=O)OC(C)(C)C(F)(F)F. The molecule has 0 unspecified atom stereocenters. The molecule has 3 fully saturated rings. The lowest BCUT2D eigenvalue weighted by atomic mass is 9.81. The molecular formula is C41H52F3N3O10S. The van der Waals surface area contributed by atoms with Gasteiger partial charge in [-0.25, -0.2) is 13.4 Å². The molecule has 2 amide bonds. The van der Waals surface area contributed by atoms with Gasteiger partial charge >= 0.3 is 12.1 Å². The number of esters is 1. The first-order chi connectivity index (χ1) is 27.3. The standard InChI is InChI=1S/C41H52F3N3O10S/c1-24-10-6-7-11-26-19-40(26,38(51)46-58(52,53)28-14-15-28)20-33(48)32-17-27(56-36-30-13-9-8-12-29(30)34(55-5)21-45-36)22-47(32)37(50)31(25(16-24)23-54-4)18-35(49)57-39(2,3)41(42,43)44/h7-9,11-13,21,24-28,31-32H,6,10,14-20,22-23H2,1-5H3,(H,46,51)/b11-7-/t24-,25+,26-,27-,31+,32+,40-/m1/s1. The van der Waals surface area contributed by atoms with Crippen LogP contribution in [0, 0.1) is 29.1 Å². The van der Waals surface area contributed by atoms with Gasteiger partial charge in [0.25, 0.3) is 0 Å². The van der Waals surface area contributed by atoms with Crippen molar-refractivity contribution in [3.05, 3.63) is 42.6 Å². The van der Waals surface area contributed by atoms with Crippen molar-refractivity contribution in [2.75, 3.05) is 27.4 Å². The maximum Gasteiger partial charge on any atom is 0.427 e. The summed E-state index contributed by atoms with van der Waals surface area (Å²) in [6.45, 7) is 3.24. The molecule has 1 aromatic carbocycles. The highest BCUT2D eigenvalue weighted by atomic mass is 32.2. The number of hydrogen-bond donors (Lipinski definition) is 1. The number of benzene rings is 1. The number of ketones is 1. The summed E-state index contributed by atoms with van der Waals surface area (Å²) in [4.78, 5) is 62.6. The van der Waals surface area contributed by atoms with Crippen LogP contribution < -0.4 is 14.2 Å². The maximum atomic E-state index is 15.0. The number of allylic oxidation sites excluding steroid dienone is 2. The molecule has 17 heteroatoms. The molecule has 0 radical (unpaired) electrons. The first kappa shape index (κ1) is 43.3. The summed E-state index contributed by atoms with van der Waals surface area (Å²) in [5.74, 6) is -4.92. The van der Waals surface area contributed by atoms with E-state index in [1.165, 1.54) is 25.3 Å². The van der Waals surface area contributed by atoms with E-state index in [2.05, 4.69) is 9.71 Å². The minimum Gasteiger partial charge on any atom is -0.494 e. The average molecular weight is 836 g/mol. The number of ether oxygens (including phenoxy) is 4. The molecule has 2 aromatic rings. The number of carbonyl (C=O) groups is 4. The Morgan fingerprint density at radius 1 is 1.05 bits per heavy atom. The summed E-state index contributed by atoms with van der Waals surface area (Å²) in [6, 6.07) is 6.01. The Bertz CT molecular complexity index is 2040. The average Bonchev–Trinajstić information content (AvgIpc) is 4.08. The zero-order valence-electron chi connectivity index (χ0n) is 33.4. The molecular weight excluding hydrogens is 784 g/mol. The number of aromatic nitrogens is 1.